The highest BCUT2D eigenvalue weighted by atomic mass is 79.9. The van der Waals surface area contributed by atoms with Crippen LogP contribution in [-0.4, -0.2) is 15.9 Å². The molecule has 0 saturated carbocycles. The molecule has 0 aliphatic rings. The van der Waals surface area contributed by atoms with Gasteiger partial charge in [0.1, 0.15) is 17.6 Å². The summed E-state index contributed by atoms with van der Waals surface area (Å²) in [5.41, 5.74) is 0.642. The molecule has 1 N–H and O–H groups in total. The first-order chi connectivity index (χ1) is 8.69. The molecule has 2 aromatic heterocycles. The summed E-state index contributed by atoms with van der Waals surface area (Å²) in [5.74, 6) is 0.0608. The Balaban J connectivity index is 2.14. The highest BCUT2D eigenvalue weighted by Gasteiger charge is 2.08. The van der Waals surface area contributed by atoms with Gasteiger partial charge in [0.2, 0.25) is 0 Å². The Kier molecular flexibility index (Phi) is 3.65. The summed E-state index contributed by atoms with van der Waals surface area (Å²) in [6.45, 7) is 0. The smallest absolute Gasteiger partial charge is 0.275 e. The van der Waals surface area contributed by atoms with E-state index in [9.17, 15) is 4.79 Å². The zero-order chi connectivity index (χ0) is 13.0. The second kappa shape index (κ2) is 5.38. The minimum absolute atomic E-state index is 0.232. The molecule has 6 heteroatoms. The third-order valence-electron chi connectivity index (χ3n) is 2.09. The van der Waals surface area contributed by atoms with Crippen LogP contribution in [0.4, 0.5) is 5.82 Å². The Bertz CT molecular complexity index is 619. The van der Waals surface area contributed by atoms with Gasteiger partial charge in [0.15, 0.2) is 0 Å². The van der Waals surface area contributed by atoms with Gasteiger partial charge in [0.25, 0.3) is 5.91 Å². The molecule has 0 spiro atoms. The lowest BCUT2D eigenvalue weighted by molar-refractivity contribution is 0.102. The van der Waals surface area contributed by atoms with Crippen molar-refractivity contribution in [3.8, 4) is 6.07 Å². The predicted octanol–water partition coefficient (Wildman–Crippen LogP) is 2.36. The van der Waals surface area contributed by atoms with Crippen molar-refractivity contribution >= 4 is 27.7 Å². The fraction of sp³-hybridized carbons (Fsp3) is 0. The molecule has 2 heterocycles. The van der Waals surface area contributed by atoms with Gasteiger partial charge in [-0.15, -0.1) is 0 Å². The average Bonchev–Trinajstić information content (AvgIpc) is 2.39. The molecule has 18 heavy (non-hydrogen) atoms. The highest BCUT2D eigenvalue weighted by molar-refractivity contribution is 9.10. The minimum atomic E-state index is -0.370. The van der Waals surface area contributed by atoms with E-state index in [0.29, 0.717) is 11.4 Å². The first kappa shape index (κ1) is 12.2. The summed E-state index contributed by atoms with van der Waals surface area (Å²) < 4.78 is 0.820. The third kappa shape index (κ3) is 2.90. The van der Waals surface area contributed by atoms with Gasteiger partial charge in [-0.25, -0.2) is 9.97 Å². The van der Waals surface area contributed by atoms with E-state index < -0.39 is 0 Å². The number of nitrogens with zero attached hydrogens (tertiary/aromatic N) is 3. The van der Waals surface area contributed by atoms with Gasteiger partial charge >= 0.3 is 0 Å². The van der Waals surface area contributed by atoms with Crippen LogP contribution in [0.25, 0.3) is 0 Å². The van der Waals surface area contributed by atoms with Gasteiger partial charge in [0, 0.05) is 16.9 Å². The molecular weight excluding hydrogens is 296 g/mol. The first-order valence-electron chi connectivity index (χ1n) is 4.98. The molecule has 0 aliphatic heterocycles. The van der Waals surface area contributed by atoms with Crippen molar-refractivity contribution in [2.24, 2.45) is 0 Å². The van der Waals surface area contributed by atoms with Crippen molar-refractivity contribution in [3.05, 3.63) is 52.4 Å². The largest absolute Gasteiger partial charge is 0.305 e. The predicted molar refractivity (Wildman–Crippen MR) is 68.8 cm³/mol. The van der Waals surface area contributed by atoms with Gasteiger partial charge in [0.05, 0.1) is 5.56 Å². The van der Waals surface area contributed by atoms with Crippen LogP contribution in [0.2, 0.25) is 0 Å². The van der Waals surface area contributed by atoms with Gasteiger partial charge < -0.3 is 5.32 Å². The van der Waals surface area contributed by atoms with Crippen molar-refractivity contribution in [2.45, 2.75) is 0 Å². The Labute approximate surface area is 112 Å². The molecule has 2 rings (SSSR count). The van der Waals surface area contributed by atoms with Crippen LogP contribution < -0.4 is 5.32 Å². The normalized spacial score (nSPS) is 9.56. The molecule has 0 fully saturated rings. The van der Waals surface area contributed by atoms with Gasteiger partial charge in [-0.3, -0.25) is 4.79 Å². The zero-order valence-electron chi connectivity index (χ0n) is 9.09. The standard InChI is InChI=1S/C12H7BrN4O/c13-9-3-4-15-11(5-9)17-12(18)10-2-1-8(6-14)7-16-10/h1-5,7H,(H,15,17,18). The van der Waals surface area contributed by atoms with Crippen LogP contribution in [-0.2, 0) is 0 Å². The van der Waals surface area contributed by atoms with Crippen LogP contribution >= 0.6 is 15.9 Å². The molecule has 0 bridgehead atoms. The average molecular weight is 303 g/mol. The van der Waals surface area contributed by atoms with Crippen LogP contribution in [0.3, 0.4) is 0 Å². The van der Waals surface area contributed by atoms with E-state index in [2.05, 4.69) is 31.2 Å². The second-order valence-corrected chi connectivity index (χ2v) is 4.27. The quantitative estimate of drug-likeness (QED) is 0.923. The van der Waals surface area contributed by atoms with E-state index in [4.69, 9.17) is 5.26 Å². The minimum Gasteiger partial charge on any atom is -0.305 e. The van der Waals surface area contributed by atoms with E-state index >= 15 is 0 Å². The molecular formula is C12H7BrN4O. The molecule has 88 valence electrons. The van der Waals surface area contributed by atoms with E-state index in [0.717, 1.165) is 4.47 Å². The molecule has 1 amide bonds. The number of nitrogens with one attached hydrogen (secondary N) is 1. The van der Waals surface area contributed by atoms with E-state index in [1.54, 1.807) is 18.3 Å². The van der Waals surface area contributed by atoms with Crippen molar-refractivity contribution in [2.75, 3.05) is 5.32 Å². The molecule has 5 nitrogen and oxygen atoms in total. The summed E-state index contributed by atoms with van der Waals surface area (Å²) in [5, 5.41) is 11.2. The molecule has 0 aliphatic carbocycles. The topological polar surface area (TPSA) is 78.7 Å². The number of hydrogen-bond acceptors (Lipinski definition) is 4. The summed E-state index contributed by atoms with van der Waals surface area (Å²) in [6.07, 6.45) is 2.93. The lowest BCUT2D eigenvalue weighted by atomic mass is 10.2. The van der Waals surface area contributed by atoms with Crippen LogP contribution in [0, 0.1) is 11.3 Å². The fourth-order valence-electron chi connectivity index (χ4n) is 1.25. The number of nitriles is 1. The number of carbonyl (C=O) groups excluding carboxylic acids is 1. The molecule has 0 aromatic carbocycles. The number of aromatic nitrogens is 2. The fourth-order valence-corrected chi connectivity index (χ4v) is 1.58. The van der Waals surface area contributed by atoms with Gasteiger partial charge in [-0.2, -0.15) is 5.26 Å². The Morgan fingerprint density at radius 1 is 1.33 bits per heavy atom. The van der Waals surface area contributed by atoms with Gasteiger partial charge in [-0.1, -0.05) is 15.9 Å². The lowest BCUT2D eigenvalue weighted by Gasteiger charge is -2.03. The molecule has 0 atom stereocenters. The monoisotopic (exact) mass is 302 g/mol. The van der Waals surface area contributed by atoms with Crippen LogP contribution in [0.5, 0.6) is 0 Å². The van der Waals surface area contributed by atoms with Crippen molar-refractivity contribution < 1.29 is 4.79 Å². The number of carbonyl (C=O) groups is 1. The van der Waals surface area contributed by atoms with Gasteiger partial charge in [-0.05, 0) is 24.3 Å². The zero-order valence-corrected chi connectivity index (χ0v) is 10.7. The number of anilines is 1. The number of hydrogen-bond donors (Lipinski definition) is 1. The summed E-state index contributed by atoms with van der Waals surface area (Å²) in [7, 11) is 0. The Hall–Kier alpha value is -2.26. The van der Waals surface area contributed by atoms with Crippen molar-refractivity contribution in [1.82, 2.24) is 9.97 Å². The number of amides is 1. The van der Waals surface area contributed by atoms with Crippen molar-refractivity contribution in [3.63, 3.8) is 0 Å². The van der Waals surface area contributed by atoms with Crippen LogP contribution in [0.1, 0.15) is 16.1 Å². The Morgan fingerprint density at radius 3 is 2.78 bits per heavy atom. The number of halogens is 1. The molecule has 2 aromatic rings. The van der Waals surface area contributed by atoms with E-state index in [-0.39, 0.29) is 11.6 Å². The van der Waals surface area contributed by atoms with Crippen molar-refractivity contribution in [1.29, 1.82) is 5.26 Å². The summed E-state index contributed by atoms with van der Waals surface area (Å²) >= 11 is 3.28. The Morgan fingerprint density at radius 2 is 2.17 bits per heavy atom. The summed E-state index contributed by atoms with van der Waals surface area (Å²) in [4.78, 5) is 19.7. The van der Waals surface area contributed by atoms with E-state index in [1.807, 2.05) is 6.07 Å². The molecule has 0 unspecified atom stereocenters. The molecule has 0 saturated heterocycles. The SMILES string of the molecule is N#Cc1ccc(C(=O)Nc2cc(Br)ccn2)nc1. The maximum atomic E-state index is 11.8. The lowest BCUT2D eigenvalue weighted by Crippen LogP contribution is -2.14. The van der Waals surface area contributed by atoms with E-state index in [1.165, 1.54) is 18.3 Å². The maximum Gasteiger partial charge on any atom is 0.275 e. The maximum absolute atomic E-state index is 11.8. The molecule has 0 radical (unpaired) electrons. The first-order valence-corrected chi connectivity index (χ1v) is 5.77. The highest BCUT2D eigenvalue weighted by Crippen LogP contribution is 2.13. The van der Waals surface area contributed by atoms with Crippen LogP contribution in [0.15, 0.2) is 41.1 Å². The number of rotatable bonds is 2. The second-order valence-electron chi connectivity index (χ2n) is 3.36. The summed E-state index contributed by atoms with van der Waals surface area (Å²) in [6, 6.07) is 8.41. The number of pyridine rings is 2. The third-order valence-corrected chi connectivity index (χ3v) is 2.58.